The quantitative estimate of drug-likeness (QED) is 0.335. The predicted molar refractivity (Wildman–Crippen MR) is 160 cm³/mol. The van der Waals surface area contributed by atoms with Gasteiger partial charge in [-0.05, 0) is 31.9 Å². The zero-order valence-corrected chi connectivity index (χ0v) is 24.1. The molecule has 4 aliphatic rings. The number of hydrogen-bond donors (Lipinski definition) is 2. The van der Waals surface area contributed by atoms with Gasteiger partial charge in [-0.3, -0.25) is 9.69 Å². The lowest BCUT2D eigenvalue weighted by molar-refractivity contribution is 0.0259. The maximum absolute atomic E-state index is 13.2. The van der Waals surface area contributed by atoms with Gasteiger partial charge in [-0.15, -0.1) is 11.3 Å². The molecule has 216 valence electrons. The number of anilines is 3. The van der Waals surface area contributed by atoms with Crippen LogP contribution in [0.2, 0.25) is 0 Å². The highest BCUT2D eigenvalue weighted by Crippen LogP contribution is 2.35. The molecule has 4 fully saturated rings. The molecule has 42 heavy (non-hydrogen) atoms. The normalized spacial score (nSPS) is 24.8. The number of thiazole rings is 1. The SMILES string of the molecule is Cc1cc(Nc2cc3nc(-c4cccc(C(=O)N5C[C@H]6C[C@@H]5CO6)c4)sc3cn2)nc(N2C[C@@H]3C[C@H]2CN3CCO)n1. The molecule has 11 nitrogen and oxygen atoms in total. The highest BCUT2D eigenvalue weighted by Gasteiger charge is 2.44. The number of piperazine rings is 1. The Hall–Kier alpha value is -3.71. The van der Waals surface area contributed by atoms with Gasteiger partial charge in [-0.2, -0.15) is 4.98 Å². The molecule has 1 amide bonds. The summed E-state index contributed by atoms with van der Waals surface area (Å²) in [5.41, 5.74) is 3.33. The standard InChI is InChI=1S/C30H32N8O3S/c1-17-7-27(35-30(32-17)38-14-20-9-21(38)13-36(20)5-6-39)34-26-11-24-25(12-31-26)42-28(33-24)18-3-2-4-19(8-18)29(40)37-15-23-10-22(37)16-41-23/h2-4,7-8,11-12,20-23,39H,5-6,9-10,13-16H2,1H3,(H,31,32,34,35)/t20-,21-,22+,23+/m0/s1. The van der Waals surface area contributed by atoms with E-state index in [0.29, 0.717) is 42.4 Å². The van der Waals surface area contributed by atoms with Gasteiger partial charge in [0.2, 0.25) is 5.95 Å². The van der Waals surface area contributed by atoms with Crippen molar-refractivity contribution in [2.24, 2.45) is 0 Å². The van der Waals surface area contributed by atoms with Gasteiger partial charge in [0.1, 0.15) is 16.6 Å². The zero-order valence-electron chi connectivity index (χ0n) is 23.3. The van der Waals surface area contributed by atoms with Crippen LogP contribution in [0.5, 0.6) is 0 Å². The summed E-state index contributed by atoms with van der Waals surface area (Å²) in [5.74, 6) is 2.15. The maximum atomic E-state index is 13.2. The molecule has 0 saturated carbocycles. The zero-order chi connectivity index (χ0) is 28.4. The molecule has 0 spiro atoms. The average molecular weight is 585 g/mol. The van der Waals surface area contributed by atoms with Crippen molar-refractivity contribution >= 4 is 45.0 Å². The van der Waals surface area contributed by atoms with Crippen molar-refractivity contribution in [2.45, 2.75) is 44.0 Å². The first kappa shape index (κ1) is 26.0. The molecule has 4 aromatic rings. The van der Waals surface area contributed by atoms with E-state index in [-0.39, 0.29) is 24.7 Å². The Morgan fingerprint density at radius 1 is 1.07 bits per heavy atom. The number of ether oxygens (including phenoxy) is 1. The fourth-order valence-corrected chi connectivity index (χ4v) is 7.81. The van der Waals surface area contributed by atoms with Crippen LogP contribution in [0.3, 0.4) is 0 Å². The van der Waals surface area contributed by atoms with E-state index >= 15 is 0 Å². The second-order valence-electron chi connectivity index (χ2n) is 11.7. The molecule has 0 unspecified atom stereocenters. The number of nitrogens with zero attached hydrogens (tertiary/aromatic N) is 7. The number of likely N-dealkylation sites (tertiary alicyclic amines) is 2. The average Bonchev–Trinajstić information content (AvgIpc) is 3.83. The molecule has 7 heterocycles. The minimum atomic E-state index is 0.0608. The molecule has 12 heteroatoms. The number of hydrogen-bond acceptors (Lipinski definition) is 11. The van der Waals surface area contributed by atoms with Crippen molar-refractivity contribution < 1.29 is 14.6 Å². The molecule has 4 bridgehead atoms. The summed E-state index contributed by atoms with van der Waals surface area (Å²) in [6, 6.07) is 12.6. The Bertz CT molecular complexity index is 1680. The highest BCUT2D eigenvalue weighted by molar-refractivity contribution is 7.21. The molecule has 0 radical (unpaired) electrons. The Morgan fingerprint density at radius 3 is 2.79 bits per heavy atom. The summed E-state index contributed by atoms with van der Waals surface area (Å²) in [6.45, 7) is 6.01. The largest absolute Gasteiger partial charge is 0.395 e. The predicted octanol–water partition coefficient (Wildman–Crippen LogP) is 3.07. The minimum absolute atomic E-state index is 0.0608. The number of pyridine rings is 1. The fraction of sp³-hybridized carbons (Fsp3) is 0.433. The first-order valence-corrected chi connectivity index (χ1v) is 15.4. The van der Waals surface area contributed by atoms with E-state index < -0.39 is 0 Å². The molecule has 4 atom stereocenters. The number of rotatable bonds is 7. The molecular formula is C30H32N8O3S. The van der Waals surface area contributed by atoms with E-state index in [1.165, 1.54) is 0 Å². The molecule has 4 aliphatic heterocycles. The van der Waals surface area contributed by atoms with Crippen LogP contribution < -0.4 is 10.2 Å². The number of fused-ring (bicyclic) bond motifs is 5. The van der Waals surface area contributed by atoms with Crippen LogP contribution in [0.1, 0.15) is 28.9 Å². The van der Waals surface area contributed by atoms with Gasteiger partial charge < -0.3 is 25.0 Å². The first-order chi connectivity index (χ1) is 20.5. The third-order valence-electron chi connectivity index (χ3n) is 8.89. The lowest BCUT2D eigenvalue weighted by Gasteiger charge is -2.34. The third-order valence-corrected chi connectivity index (χ3v) is 9.94. The summed E-state index contributed by atoms with van der Waals surface area (Å²) in [7, 11) is 0. The second kappa shape index (κ2) is 10.2. The number of amides is 1. The number of nitrogens with one attached hydrogen (secondary N) is 1. The van der Waals surface area contributed by atoms with Crippen molar-refractivity contribution in [3.8, 4) is 10.6 Å². The number of aliphatic hydroxyl groups is 1. The lowest BCUT2D eigenvalue weighted by Crippen LogP contribution is -2.47. The van der Waals surface area contributed by atoms with Crippen molar-refractivity contribution in [1.29, 1.82) is 0 Å². The van der Waals surface area contributed by atoms with E-state index in [1.54, 1.807) is 11.3 Å². The topological polar surface area (TPSA) is 120 Å². The monoisotopic (exact) mass is 584 g/mol. The van der Waals surface area contributed by atoms with Crippen LogP contribution in [0.15, 0.2) is 42.6 Å². The van der Waals surface area contributed by atoms with Gasteiger partial charge in [0.25, 0.3) is 5.91 Å². The second-order valence-corrected chi connectivity index (χ2v) is 12.7. The number of aliphatic hydroxyl groups excluding tert-OH is 1. The van der Waals surface area contributed by atoms with Crippen molar-refractivity contribution in [1.82, 2.24) is 29.7 Å². The Kier molecular flexibility index (Phi) is 6.32. The molecule has 2 N–H and O–H groups in total. The van der Waals surface area contributed by atoms with Gasteiger partial charge in [-0.25, -0.2) is 15.0 Å². The number of carbonyl (C=O) groups excluding carboxylic acids is 1. The van der Waals surface area contributed by atoms with Gasteiger partial charge in [0.15, 0.2) is 0 Å². The van der Waals surface area contributed by atoms with Crippen molar-refractivity contribution in [2.75, 3.05) is 49.6 Å². The van der Waals surface area contributed by atoms with E-state index in [9.17, 15) is 9.90 Å². The number of benzene rings is 1. The Morgan fingerprint density at radius 2 is 2.00 bits per heavy atom. The summed E-state index contributed by atoms with van der Waals surface area (Å²) in [6.07, 6.45) is 4.03. The van der Waals surface area contributed by atoms with Gasteiger partial charge in [0, 0.05) is 73.4 Å². The Labute approximate surface area is 247 Å². The third kappa shape index (κ3) is 4.58. The molecule has 3 aromatic heterocycles. The first-order valence-electron chi connectivity index (χ1n) is 14.5. The molecule has 4 saturated heterocycles. The summed E-state index contributed by atoms with van der Waals surface area (Å²) in [4.78, 5) is 38.9. The van der Waals surface area contributed by atoms with Crippen molar-refractivity contribution in [3.63, 3.8) is 0 Å². The number of carbonyl (C=O) groups is 1. The van der Waals surface area contributed by atoms with Crippen LogP contribution in [-0.4, -0.2) is 104 Å². The van der Waals surface area contributed by atoms with Gasteiger partial charge in [0.05, 0.1) is 35.6 Å². The van der Waals surface area contributed by atoms with Crippen LogP contribution in [0, 0.1) is 6.92 Å². The van der Waals surface area contributed by atoms with Gasteiger partial charge in [-0.1, -0.05) is 12.1 Å². The number of aromatic nitrogens is 4. The lowest BCUT2D eigenvalue weighted by atomic mass is 10.1. The molecule has 0 aliphatic carbocycles. The number of β-amino-alcohol motifs (C(OH)–C–C–N with tert-alkyl or cyclic N) is 1. The van der Waals surface area contributed by atoms with E-state index in [2.05, 4.69) is 20.1 Å². The van der Waals surface area contributed by atoms with Crippen LogP contribution >= 0.6 is 11.3 Å². The summed E-state index contributed by atoms with van der Waals surface area (Å²) < 4.78 is 6.64. The highest BCUT2D eigenvalue weighted by atomic mass is 32.1. The van der Waals surface area contributed by atoms with E-state index in [0.717, 1.165) is 64.9 Å². The Balaban J connectivity index is 1.00. The summed E-state index contributed by atoms with van der Waals surface area (Å²) >= 11 is 1.56. The van der Waals surface area contributed by atoms with Crippen LogP contribution in [0.4, 0.5) is 17.6 Å². The molecule has 8 rings (SSSR count). The minimum Gasteiger partial charge on any atom is -0.395 e. The van der Waals surface area contributed by atoms with Crippen LogP contribution in [0.25, 0.3) is 20.8 Å². The molecule has 1 aromatic carbocycles. The van der Waals surface area contributed by atoms with Crippen LogP contribution in [-0.2, 0) is 4.74 Å². The molecular weight excluding hydrogens is 552 g/mol. The van der Waals surface area contributed by atoms with Crippen molar-refractivity contribution in [3.05, 3.63) is 53.9 Å². The smallest absolute Gasteiger partial charge is 0.254 e. The fourth-order valence-electron chi connectivity index (χ4n) is 6.90. The van der Waals surface area contributed by atoms with E-state index in [1.807, 2.05) is 54.4 Å². The number of aryl methyl sites for hydroxylation is 1. The number of morpholine rings is 1. The van der Waals surface area contributed by atoms with Gasteiger partial charge >= 0.3 is 0 Å². The van der Waals surface area contributed by atoms with E-state index in [4.69, 9.17) is 19.7 Å². The maximum Gasteiger partial charge on any atom is 0.254 e. The summed E-state index contributed by atoms with van der Waals surface area (Å²) in [5, 5.41) is 13.6.